The topological polar surface area (TPSA) is 107 Å². The van der Waals surface area contributed by atoms with Crippen LogP contribution in [0.4, 0.5) is 0 Å². The van der Waals surface area contributed by atoms with Crippen molar-refractivity contribution in [3.8, 4) is 11.5 Å². The van der Waals surface area contributed by atoms with Crippen molar-refractivity contribution in [3.05, 3.63) is 70.1 Å². The molecular weight excluding hydrogens is 462 g/mol. The largest absolute Gasteiger partial charge is 0.423 e. The number of nitrogens with zero attached hydrogens (tertiary/aromatic N) is 3. The number of hydrogen-bond acceptors (Lipinski definition) is 8. The number of sulfonamides is 1. The molecule has 0 aliphatic rings. The van der Waals surface area contributed by atoms with E-state index >= 15 is 0 Å². The van der Waals surface area contributed by atoms with Gasteiger partial charge in [-0.1, -0.05) is 43.8 Å². The van der Waals surface area contributed by atoms with Crippen molar-refractivity contribution in [1.82, 2.24) is 14.5 Å². The lowest BCUT2D eigenvalue weighted by Crippen LogP contribution is -2.30. The molecule has 8 nitrogen and oxygen atoms in total. The van der Waals surface area contributed by atoms with E-state index in [4.69, 9.17) is 8.83 Å². The molecule has 2 aromatic heterocycles. The van der Waals surface area contributed by atoms with Crippen LogP contribution in [0.3, 0.4) is 0 Å². The van der Waals surface area contributed by atoms with E-state index in [1.807, 2.05) is 25.1 Å². The molecule has 2 aromatic carbocycles. The van der Waals surface area contributed by atoms with Crippen molar-refractivity contribution < 1.29 is 17.3 Å². The lowest BCUT2D eigenvalue weighted by molar-refractivity contribution is 0.445. The highest BCUT2D eigenvalue weighted by Crippen LogP contribution is 2.29. The quantitative estimate of drug-likeness (QED) is 0.266. The Kier molecular flexibility index (Phi) is 6.68. The second kappa shape index (κ2) is 9.50. The molecule has 0 spiro atoms. The maximum Gasteiger partial charge on any atom is 0.336 e. The number of aromatic nitrogens is 2. The van der Waals surface area contributed by atoms with Gasteiger partial charge < -0.3 is 8.83 Å². The van der Waals surface area contributed by atoms with Gasteiger partial charge in [0, 0.05) is 35.9 Å². The highest BCUT2D eigenvalue weighted by Gasteiger charge is 2.22. The van der Waals surface area contributed by atoms with Crippen LogP contribution in [0.25, 0.3) is 22.4 Å². The Morgan fingerprint density at radius 2 is 1.79 bits per heavy atom. The van der Waals surface area contributed by atoms with E-state index in [1.165, 1.54) is 28.2 Å². The summed E-state index contributed by atoms with van der Waals surface area (Å²) in [7, 11) is -3.60. The molecule has 10 heteroatoms. The summed E-state index contributed by atoms with van der Waals surface area (Å²) in [6, 6.07) is 13.6. The Morgan fingerprint density at radius 1 is 1.00 bits per heavy atom. The smallest absolute Gasteiger partial charge is 0.336 e. The van der Waals surface area contributed by atoms with E-state index < -0.39 is 15.6 Å². The first-order valence-corrected chi connectivity index (χ1v) is 12.8. The predicted octanol–water partition coefficient (Wildman–Crippen LogP) is 4.47. The maximum atomic E-state index is 12.8. The number of rotatable bonds is 8. The lowest BCUT2D eigenvalue weighted by atomic mass is 10.1. The second-order valence-corrected chi connectivity index (χ2v) is 10.2. The van der Waals surface area contributed by atoms with Crippen LogP contribution in [0.5, 0.6) is 0 Å². The molecule has 4 rings (SSSR count). The summed E-state index contributed by atoms with van der Waals surface area (Å²) < 4.78 is 38.1. The minimum atomic E-state index is -3.60. The van der Waals surface area contributed by atoms with Gasteiger partial charge in [0.2, 0.25) is 15.9 Å². The highest BCUT2D eigenvalue weighted by molar-refractivity contribution is 7.98. The third-order valence-electron chi connectivity index (χ3n) is 5.17. The van der Waals surface area contributed by atoms with E-state index in [-0.39, 0.29) is 10.8 Å². The average molecular weight is 486 g/mol. The Bertz CT molecular complexity index is 1460. The Labute approximate surface area is 195 Å². The molecule has 4 aromatic rings. The first-order valence-electron chi connectivity index (χ1n) is 10.4. The molecule has 33 heavy (non-hydrogen) atoms. The van der Waals surface area contributed by atoms with Gasteiger partial charge in [0.05, 0.1) is 4.90 Å². The fourth-order valence-corrected chi connectivity index (χ4v) is 5.74. The predicted molar refractivity (Wildman–Crippen MR) is 127 cm³/mol. The zero-order valence-electron chi connectivity index (χ0n) is 18.4. The molecule has 172 valence electrons. The molecule has 0 saturated heterocycles. The van der Waals surface area contributed by atoms with E-state index in [0.29, 0.717) is 35.2 Å². The van der Waals surface area contributed by atoms with Crippen molar-refractivity contribution in [2.24, 2.45) is 0 Å². The van der Waals surface area contributed by atoms with E-state index in [0.717, 1.165) is 16.5 Å². The van der Waals surface area contributed by atoms with Crippen LogP contribution >= 0.6 is 11.8 Å². The Hall–Kier alpha value is -2.95. The van der Waals surface area contributed by atoms with Gasteiger partial charge in [0.25, 0.3) is 5.22 Å². The molecular formula is C23H23N3O5S2. The van der Waals surface area contributed by atoms with Gasteiger partial charge in [-0.25, -0.2) is 13.2 Å². The van der Waals surface area contributed by atoms with Crippen LogP contribution in [-0.4, -0.2) is 36.0 Å². The van der Waals surface area contributed by atoms with E-state index in [1.54, 1.807) is 32.0 Å². The number of fused-ring (bicyclic) bond motifs is 1. The fourth-order valence-electron chi connectivity index (χ4n) is 3.48. The maximum absolute atomic E-state index is 12.8. The summed E-state index contributed by atoms with van der Waals surface area (Å²) in [6.07, 6.45) is 0. The van der Waals surface area contributed by atoms with Crippen molar-refractivity contribution in [2.75, 3.05) is 13.1 Å². The van der Waals surface area contributed by atoms with Gasteiger partial charge >= 0.3 is 5.63 Å². The number of benzene rings is 2. The third kappa shape index (κ3) is 4.87. The summed E-state index contributed by atoms with van der Waals surface area (Å²) >= 11 is 1.29. The van der Waals surface area contributed by atoms with Crippen molar-refractivity contribution in [3.63, 3.8) is 0 Å². The summed E-state index contributed by atoms with van der Waals surface area (Å²) in [6.45, 7) is 6.30. The van der Waals surface area contributed by atoms with Crippen molar-refractivity contribution >= 4 is 32.8 Å². The van der Waals surface area contributed by atoms with Gasteiger partial charge in [-0.05, 0) is 42.3 Å². The minimum absolute atomic E-state index is 0.175. The molecule has 0 saturated carbocycles. The monoisotopic (exact) mass is 485 g/mol. The van der Waals surface area contributed by atoms with Crippen LogP contribution in [0, 0.1) is 6.92 Å². The highest BCUT2D eigenvalue weighted by atomic mass is 32.2. The van der Waals surface area contributed by atoms with Gasteiger partial charge in [-0.2, -0.15) is 4.31 Å². The summed E-state index contributed by atoms with van der Waals surface area (Å²) in [5.41, 5.74) is 2.45. The average Bonchev–Trinajstić information content (AvgIpc) is 3.27. The summed E-state index contributed by atoms with van der Waals surface area (Å²) in [5, 5.41) is 9.30. The Morgan fingerprint density at radius 3 is 2.55 bits per heavy atom. The molecule has 0 aliphatic carbocycles. The van der Waals surface area contributed by atoms with Gasteiger partial charge in [-0.3, -0.25) is 0 Å². The third-order valence-corrected chi connectivity index (χ3v) is 8.08. The number of aryl methyl sites for hydroxylation is 1. The lowest BCUT2D eigenvalue weighted by Gasteiger charge is -2.18. The van der Waals surface area contributed by atoms with Crippen LogP contribution in [0.15, 0.2) is 72.3 Å². The van der Waals surface area contributed by atoms with Crippen molar-refractivity contribution in [1.29, 1.82) is 0 Å². The standard InChI is InChI=1S/C23H23N3O5S2/c1-4-26(5-2)33(28,29)18-8-6-7-16(12-18)22-24-25-23(31-22)32-14-17-13-21(27)30-20-11-15(3)9-10-19(17)20/h6-13H,4-5,14H2,1-3H3. The van der Waals surface area contributed by atoms with Gasteiger partial charge in [0.15, 0.2) is 0 Å². The number of thioether (sulfide) groups is 1. The normalized spacial score (nSPS) is 12.0. The zero-order chi connectivity index (χ0) is 23.6. The van der Waals surface area contributed by atoms with E-state index in [9.17, 15) is 13.2 Å². The minimum Gasteiger partial charge on any atom is -0.423 e. The first-order chi connectivity index (χ1) is 15.8. The Balaban J connectivity index is 1.56. The molecule has 0 N–H and O–H groups in total. The molecule has 0 fully saturated rings. The van der Waals surface area contributed by atoms with Crippen LogP contribution < -0.4 is 5.63 Å². The molecule has 0 aliphatic heterocycles. The second-order valence-electron chi connectivity index (χ2n) is 7.37. The number of hydrogen-bond donors (Lipinski definition) is 0. The fraction of sp³-hybridized carbons (Fsp3) is 0.261. The van der Waals surface area contributed by atoms with Gasteiger partial charge in [0.1, 0.15) is 5.58 Å². The molecule has 2 heterocycles. The zero-order valence-corrected chi connectivity index (χ0v) is 20.1. The molecule has 0 amide bonds. The van der Waals surface area contributed by atoms with Crippen molar-refractivity contribution in [2.45, 2.75) is 36.6 Å². The van der Waals surface area contributed by atoms with Crippen LogP contribution in [0.1, 0.15) is 25.0 Å². The first kappa shape index (κ1) is 23.2. The van der Waals surface area contributed by atoms with Crippen LogP contribution in [0.2, 0.25) is 0 Å². The van der Waals surface area contributed by atoms with E-state index in [2.05, 4.69) is 10.2 Å². The van der Waals surface area contributed by atoms with Crippen LogP contribution in [-0.2, 0) is 15.8 Å². The molecule has 0 unspecified atom stereocenters. The summed E-state index contributed by atoms with van der Waals surface area (Å²) in [5.74, 6) is 0.658. The summed E-state index contributed by atoms with van der Waals surface area (Å²) in [4.78, 5) is 12.1. The molecule has 0 radical (unpaired) electrons. The molecule has 0 atom stereocenters. The SMILES string of the molecule is CCN(CC)S(=O)(=O)c1cccc(-c2nnc(SCc3cc(=O)oc4cc(C)ccc34)o2)c1. The molecule has 0 bridgehead atoms. The van der Waals surface area contributed by atoms with Gasteiger partial charge in [-0.15, -0.1) is 10.2 Å².